The van der Waals surface area contributed by atoms with Gasteiger partial charge in [-0.1, -0.05) is 60.7 Å². The zero-order valence-corrected chi connectivity index (χ0v) is 10.5. The minimum absolute atomic E-state index is 0.666. The van der Waals surface area contributed by atoms with Crippen molar-refractivity contribution >= 4 is 23.2 Å². The van der Waals surface area contributed by atoms with E-state index < -0.39 is 16.1 Å². The van der Waals surface area contributed by atoms with Crippen LogP contribution in [0.4, 0.5) is 0 Å². The predicted molar refractivity (Wildman–Crippen MR) is 72.8 cm³/mol. The fourth-order valence-electron chi connectivity index (χ4n) is 2.10. The van der Waals surface area contributed by atoms with Crippen molar-refractivity contribution in [2.45, 2.75) is 16.1 Å². The van der Waals surface area contributed by atoms with Crippen LogP contribution >= 0.6 is 23.2 Å². The summed E-state index contributed by atoms with van der Waals surface area (Å²) in [5.74, 6) is -2.71. The second-order valence-corrected chi connectivity index (χ2v) is 5.38. The molecule has 0 saturated heterocycles. The first-order valence-electron chi connectivity index (χ1n) is 6.45. The number of halogens is 2. The van der Waals surface area contributed by atoms with Crippen molar-refractivity contribution in [3.05, 3.63) is 71.8 Å². The Morgan fingerprint density at radius 1 is 0.765 bits per heavy atom. The highest BCUT2D eigenvalue weighted by atomic mass is 35.5. The molecule has 1 fully saturated rings. The van der Waals surface area contributed by atoms with Gasteiger partial charge in [0.05, 0.1) is 0 Å². The average molecular weight is 267 g/mol. The Balaban J connectivity index is 2.15. The molecule has 2 heteroatoms. The fourth-order valence-corrected chi connectivity index (χ4v) is 2.82. The van der Waals surface area contributed by atoms with E-state index in [2.05, 4.69) is 0 Å². The summed E-state index contributed by atoms with van der Waals surface area (Å²) < 4.78 is 15.8. The Bertz CT molecular complexity index is 547. The highest BCUT2D eigenvalue weighted by Crippen LogP contribution is 2.69. The number of hydrogen-bond acceptors (Lipinski definition) is 0. The summed E-state index contributed by atoms with van der Waals surface area (Å²) in [6.07, 6.45) is 0. The van der Waals surface area contributed by atoms with Crippen molar-refractivity contribution in [3.8, 4) is 0 Å². The number of rotatable bonds is 2. The molecule has 0 radical (unpaired) electrons. The summed E-state index contributed by atoms with van der Waals surface area (Å²) in [4.78, 5) is 0. The minimum atomic E-state index is -1.46. The van der Waals surface area contributed by atoms with Crippen LogP contribution in [0.2, 0.25) is 0 Å². The molecule has 1 aliphatic carbocycles. The maximum Gasteiger partial charge on any atom is 0.133 e. The highest BCUT2D eigenvalue weighted by molar-refractivity contribution is 6.52. The first kappa shape index (κ1) is 9.02. The third kappa shape index (κ3) is 1.86. The van der Waals surface area contributed by atoms with Gasteiger partial charge in [0.2, 0.25) is 0 Å². The highest BCUT2D eigenvalue weighted by Gasteiger charge is 2.64. The van der Waals surface area contributed by atoms with E-state index in [4.69, 9.17) is 25.9 Å². The first-order valence-corrected chi connectivity index (χ1v) is 6.21. The van der Waals surface area contributed by atoms with Gasteiger partial charge >= 0.3 is 0 Å². The van der Waals surface area contributed by atoms with Gasteiger partial charge in [-0.05, 0) is 11.1 Å². The molecule has 1 aliphatic rings. The molecule has 0 N–H and O–H groups in total. The van der Waals surface area contributed by atoms with Gasteiger partial charge < -0.3 is 0 Å². The third-order valence-electron chi connectivity index (χ3n) is 2.94. The standard InChI is InChI=1S/C15H12Cl2/c16-15(17)13(11-7-3-1-4-8-11)14(15)12-9-5-2-6-10-12/h1-10,13-14H/t13-,14-/m0/s1/i13T,14T. The Hall–Kier alpha value is -0.980. The largest absolute Gasteiger partial charge is 0.133 e. The molecule has 3 rings (SSSR count). The van der Waals surface area contributed by atoms with E-state index in [1.54, 1.807) is 24.3 Å². The monoisotopic (exact) mass is 266 g/mol. The minimum Gasteiger partial charge on any atom is -0.100 e. The predicted octanol–water partition coefficient (Wildman–Crippen LogP) is 4.74. The van der Waals surface area contributed by atoms with Crippen molar-refractivity contribution in [2.24, 2.45) is 0 Å². The molecule has 2 aromatic rings. The van der Waals surface area contributed by atoms with Crippen LogP contribution in [0.5, 0.6) is 0 Å². The molecule has 0 nitrogen and oxygen atoms in total. The molecule has 0 aliphatic heterocycles. The molecule has 1 saturated carbocycles. The summed E-state index contributed by atoms with van der Waals surface area (Å²) in [7, 11) is 0. The molecule has 2 atom stereocenters. The molecular formula is C15H12Cl2. The molecule has 2 aromatic carbocycles. The zero-order valence-electron chi connectivity index (χ0n) is 11.0. The van der Waals surface area contributed by atoms with Crippen LogP contribution in [-0.2, 0) is 0 Å². The molecular weight excluding hydrogens is 251 g/mol. The van der Waals surface area contributed by atoms with Gasteiger partial charge in [0.25, 0.3) is 0 Å². The molecule has 17 heavy (non-hydrogen) atoms. The zero-order chi connectivity index (χ0) is 13.7. The number of benzene rings is 2. The van der Waals surface area contributed by atoms with Gasteiger partial charge in [-0.15, -0.1) is 23.2 Å². The summed E-state index contributed by atoms with van der Waals surface area (Å²) in [6.45, 7) is 0. The molecule has 0 amide bonds. The fraction of sp³-hybridized carbons (Fsp3) is 0.200. The van der Waals surface area contributed by atoms with Crippen LogP contribution in [0.1, 0.15) is 25.7 Å². The van der Waals surface area contributed by atoms with Crippen molar-refractivity contribution in [1.29, 1.82) is 0 Å². The van der Waals surface area contributed by atoms with Crippen LogP contribution in [0.3, 0.4) is 0 Å². The maximum atomic E-state index is 8.63. The van der Waals surface area contributed by atoms with Gasteiger partial charge in [-0.3, -0.25) is 0 Å². The van der Waals surface area contributed by atoms with Crippen LogP contribution in [0.15, 0.2) is 60.7 Å². The van der Waals surface area contributed by atoms with Crippen molar-refractivity contribution < 1.29 is 2.74 Å². The summed E-state index contributed by atoms with van der Waals surface area (Å²) in [5.41, 5.74) is 1.33. The Morgan fingerprint density at radius 2 is 1.12 bits per heavy atom. The van der Waals surface area contributed by atoms with Crippen molar-refractivity contribution in [2.75, 3.05) is 0 Å². The van der Waals surface area contributed by atoms with Crippen LogP contribution in [0, 0.1) is 0 Å². The lowest BCUT2D eigenvalue weighted by atomic mass is 10.0. The lowest BCUT2D eigenvalue weighted by molar-refractivity contribution is 1.03. The smallest absolute Gasteiger partial charge is 0.100 e. The van der Waals surface area contributed by atoms with E-state index in [0.29, 0.717) is 11.1 Å². The van der Waals surface area contributed by atoms with Gasteiger partial charge in [-0.2, -0.15) is 0 Å². The lowest BCUT2D eigenvalue weighted by Crippen LogP contribution is -1.90. The lowest BCUT2D eigenvalue weighted by Gasteiger charge is -1.99. The van der Waals surface area contributed by atoms with E-state index in [-0.39, 0.29) is 0 Å². The van der Waals surface area contributed by atoms with Gasteiger partial charge in [-0.25, -0.2) is 0 Å². The van der Waals surface area contributed by atoms with Crippen LogP contribution < -0.4 is 0 Å². The molecule has 86 valence electrons. The van der Waals surface area contributed by atoms with E-state index >= 15 is 0 Å². The average Bonchev–Trinajstić information content (AvgIpc) is 2.82. The summed E-state index contributed by atoms with van der Waals surface area (Å²) in [5, 5.41) is 0. The molecule has 0 unspecified atom stereocenters. The summed E-state index contributed by atoms with van der Waals surface area (Å²) >= 11 is 12.6. The summed E-state index contributed by atoms with van der Waals surface area (Å²) in [6, 6.07) is 18.3. The van der Waals surface area contributed by atoms with Crippen LogP contribution in [0.25, 0.3) is 0 Å². The Kier molecular flexibility index (Phi) is 2.14. The second-order valence-electron chi connectivity index (χ2n) is 4.06. The third-order valence-corrected chi connectivity index (χ3v) is 3.70. The SMILES string of the molecule is [3H][C@@]1(c2ccccc2)C(Cl)(Cl)[C@@]1([3H])c1ccccc1. The normalized spacial score (nSPS) is 35.9. The number of alkyl halides is 2. The maximum absolute atomic E-state index is 8.63. The first-order chi connectivity index (χ1) is 8.96. The van der Waals surface area contributed by atoms with E-state index in [1.807, 2.05) is 36.4 Å². The van der Waals surface area contributed by atoms with Gasteiger partial charge in [0.15, 0.2) is 0 Å². The quantitative estimate of drug-likeness (QED) is 0.689. The Morgan fingerprint density at radius 3 is 1.47 bits per heavy atom. The van der Waals surface area contributed by atoms with E-state index in [9.17, 15) is 0 Å². The second kappa shape index (κ2) is 4.04. The van der Waals surface area contributed by atoms with Crippen molar-refractivity contribution in [1.82, 2.24) is 0 Å². The molecule has 0 heterocycles. The molecule has 0 bridgehead atoms. The van der Waals surface area contributed by atoms with Crippen LogP contribution in [-0.4, -0.2) is 4.33 Å². The molecule has 0 spiro atoms. The Labute approximate surface area is 114 Å². The number of hydrogen-bond donors (Lipinski definition) is 0. The van der Waals surface area contributed by atoms with Gasteiger partial charge in [0.1, 0.15) is 4.33 Å². The topological polar surface area (TPSA) is 0 Å². The van der Waals surface area contributed by atoms with Crippen molar-refractivity contribution in [3.63, 3.8) is 0 Å². The van der Waals surface area contributed by atoms with Gasteiger partial charge in [0, 0.05) is 14.5 Å². The van der Waals surface area contributed by atoms with E-state index in [1.165, 1.54) is 0 Å². The molecule has 0 aromatic heterocycles. The van der Waals surface area contributed by atoms with E-state index in [0.717, 1.165) is 0 Å².